The minimum atomic E-state index is 0.0993. The van der Waals surface area contributed by atoms with Gasteiger partial charge < -0.3 is 9.80 Å². The number of thiazole rings is 1. The van der Waals surface area contributed by atoms with E-state index in [-0.39, 0.29) is 18.4 Å². The van der Waals surface area contributed by atoms with Gasteiger partial charge in [-0.3, -0.25) is 9.59 Å². The van der Waals surface area contributed by atoms with Gasteiger partial charge in [-0.1, -0.05) is 13.3 Å². The van der Waals surface area contributed by atoms with Gasteiger partial charge in [0.15, 0.2) is 0 Å². The number of hydrogen-bond donors (Lipinski definition) is 0. The smallest absolute Gasteiger partial charge is 0.242 e. The Morgan fingerprint density at radius 1 is 1.29 bits per heavy atom. The fourth-order valence-corrected chi connectivity index (χ4v) is 4.58. The second kappa shape index (κ2) is 8.10. The standard InChI is InChI=1S/C18H27N3O2S/c1-2-15-13-24-18(19-15)14-7-6-10-20(11-14)17(23)12-21-9-5-3-4-8-16(21)22/h13-14H,2-12H2,1H3/t14-/m0/s1. The highest BCUT2D eigenvalue weighted by Gasteiger charge is 2.28. The van der Waals surface area contributed by atoms with Gasteiger partial charge in [0.05, 0.1) is 17.2 Å². The number of nitrogens with zero attached hydrogens (tertiary/aromatic N) is 3. The lowest BCUT2D eigenvalue weighted by atomic mass is 9.98. The molecule has 0 radical (unpaired) electrons. The van der Waals surface area contributed by atoms with Crippen molar-refractivity contribution >= 4 is 23.2 Å². The molecule has 1 aromatic rings. The van der Waals surface area contributed by atoms with Gasteiger partial charge in [-0.15, -0.1) is 11.3 Å². The van der Waals surface area contributed by atoms with Crippen LogP contribution in [0.15, 0.2) is 5.38 Å². The molecule has 3 heterocycles. The molecule has 1 aromatic heterocycles. The van der Waals surface area contributed by atoms with Crippen LogP contribution in [0.2, 0.25) is 0 Å². The summed E-state index contributed by atoms with van der Waals surface area (Å²) >= 11 is 1.72. The van der Waals surface area contributed by atoms with Gasteiger partial charge in [0.2, 0.25) is 11.8 Å². The molecule has 2 amide bonds. The van der Waals surface area contributed by atoms with Crippen molar-refractivity contribution in [3.05, 3.63) is 16.1 Å². The molecule has 5 nitrogen and oxygen atoms in total. The summed E-state index contributed by atoms with van der Waals surface area (Å²) < 4.78 is 0. The number of piperidine rings is 1. The van der Waals surface area contributed by atoms with Crippen LogP contribution in [0.1, 0.15) is 62.1 Å². The number of hydrogen-bond acceptors (Lipinski definition) is 4. The molecule has 24 heavy (non-hydrogen) atoms. The van der Waals surface area contributed by atoms with E-state index in [2.05, 4.69) is 12.3 Å². The quantitative estimate of drug-likeness (QED) is 0.840. The van der Waals surface area contributed by atoms with E-state index in [0.29, 0.717) is 12.3 Å². The first-order valence-electron chi connectivity index (χ1n) is 9.17. The maximum Gasteiger partial charge on any atom is 0.242 e. The zero-order valence-electron chi connectivity index (χ0n) is 14.5. The molecule has 0 saturated carbocycles. The normalized spacial score (nSPS) is 22.5. The Morgan fingerprint density at radius 2 is 2.17 bits per heavy atom. The summed E-state index contributed by atoms with van der Waals surface area (Å²) in [7, 11) is 0. The van der Waals surface area contributed by atoms with Crippen LogP contribution in [-0.4, -0.2) is 52.8 Å². The first kappa shape index (κ1) is 17.4. The van der Waals surface area contributed by atoms with Crippen LogP contribution in [0.4, 0.5) is 0 Å². The summed E-state index contributed by atoms with van der Waals surface area (Å²) in [6.07, 6.45) is 6.73. The highest BCUT2D eigenvalue weighted by Crippen LogP contribution is 2.29. The van der Waals surface area contributed by atoms with Gasteiger partial charge in [-0.25, -0.2) is 4.98 Å². The summed E-state index contributed by atoms with van der Waals surface area (Å²) in [6.45, 7) is 4.66. The molecular weight excluding hydrogens is 322 g/mol. The highest BCUT2D eigenvalue weighted by molar-refractivity contribution is 7.09. The second-order valence-corrected chi connectivity index (χ2v) is 7.73. The fraction of sp³-hybridized carbons (Fsp3) is 0.722. The van der Waals surface area contributed by atoms with E-state index in [1.165, 1.54) is 0 Å². The predicted molar refractivity (Wildman–Crippen MR) is 95.1 cm³/mol. The number of carbonyl (C=O) groups excluding carboxylic acids is 2. The third kappa shape index (κ3) is 4.15. The lowest BCUT2D eigenvalue weighted by Gasteiger charge is -2.33. The van der Waals surface area contributed by atoms with E-state index in [1.54, 1.807) is 16.2 Å². The van der Waals surface area contributed by atoms with Crippen molar-refractivity contribution in [2.24, 2.45) is 0 Å². The topological polar surface area (TPSA) is 53.5 Å². The van der Waals surface area contributed by atoms with Crippen molar-refractivity contribution in [1.29, 1.82) is 0 Å². The maximum atomic E-state index is 12.7. The van der Waals surface area contributed by atoms with E-state index in [1.807, 2.05) is 4.90 Å². The van der Waals surface area contributed by atoms with Gasteiger partial charge in [-0.05, 0) is 32.1 Å². The van der Waals surface area contributed by atoms with Crippen molar-refractivity contribution in [1.82, 2.24) is 14.8 Å². The van der Waals surface area contributed by atoms with Crippen molar-refractivity contribution in [3.8, 4) is 0 Å². The summed E-state index contributed by atoms with van der Waals surface area (Å²) in [6, 6.07) is 0. The van der Waals surface area contributed by atoms with Gasteiger partial charge in [0, 0.05) is 37.4 Å². The molecule has 2 saturated heterocycles. The zero-order valence-corrected chi connectivity index (χ0v) is 15.3. The lowest BCUT2D eigenvalue weighted by molar-refractivity contribution is -0.140. The van der Waals surface area contributed by atoms with Crippen LogP contribution < -0.4 is 0 Å². The third-order valence-electron chi connectivity index (χ3n) is 5.05. The zero-order chi connectivity index (χ0) is 16.9. The van der Waals surface area contributed by atoms with E-state index < -0.39 is 0 Å². The molecule has 0 N–H and O–H groups in total. The Bertz CT molecular complexity index is 587. The monoisotopic (exact) mass is 349 g/mol. The fourth-order valence-electron chi connectivity index (χ4n) is 3.55. The Labute approximate surface area is 148 Å². The van der Waals surface area contributed by atoms with E-state index in [9.17, 15) is 9.59 Å². The average molecular weight is 350 g/mol. The average Bonchev–Trinajstić information content (AvgIpc) is 3.00. The van der Waals surface area contributed by atoms with Gasteiger partial charge >= 0.3 is 0 Å². The third-order valence-corrected chi connectivity index (χ3v) is 6.11. The van der Waals surface area contributed by atoms with E-state index in [4.69, 9.17) is 4.98 Å². The highest BCUT2D eigenvalue weighted by atomic mass is 32.1. The van der Waals surface area contributed by atoms with Crippen LogP contribution in [0, 0.1) is 0 Å². The molecular formula is C18H27N3O2S. The second-order valence-electron chi connectivity index (χ2n) is 6.84. The molecule has 1 atom stereocenters. The first-order chi connectivity index (χ1) is 11.7. The molecule has 6 heteroatoms. The van der Waals surface area contributed by atoms with Crippen LogP contribution in [0.5, 0.6) is 0 Å². The molecule has 132 valence electrons. The Morgan fingerprint density at radius 3 is 2.96 bits per heavy atom. The molecule has 0 aliphatic carbocycles. The predicted octanol–water partition coefficient (Wildman–Crippen LogP) is 2.81. The van der Waals surface area contributed by atoms with Crippen molar-refractivity contribution < 1.29 is 9.59 Å². The maximum absolute atomic E-state index is 12.7. The minimum Gasteiger partial charge on any atom is -0.340 e. The van der Waals surface area contributed by atoms with E-state index >= 15 is 0 Å². The van der Waals surface area contributed by atoms with Crippen LogP contribution >= 0.6 is 11.3 Å². The van der Waals surface area contributed by atoms with Gasteiger partial charge in [0.25, 0.3) is 0 Å². The largest absolute Gasteiger partial charge is 0.340 e. The van der Waals surface area contributed by atoms with Crippen LogP contribution in [0.25, 0.3) is 0 Å². The van der Waals surface area contributed by atoms with Gasteiger partial charge in [0.1, 0.15) is 0 Å². The minimum absolute atomic E-state index is 0.0993. The molecule has 0 unspecified atom stereocenters. The number of rotatable bonds is 4. The summed E-state index contributed by atoms with van der Waals surface area (Å²) in [4.78, 5) is 33.2. The molecule has 2 fully saturated rings. The summed E-state index contributed by atoms with van der Waals surface area (Å²) in [5.74, 6) is 0.594. The molecule has 3 rings (SSSR count). The van der Waals surface area contributed by atoms with Crippen molar-refractivity contribution in [2.75, 3.05) is 26.2 Å². The number of aryl methyl sites for hydroxylation is 1. The number of amides is 2. The molecule has 0 spiro atoms. The van der Waals surface area contributed by atoms with E-state index in [0.717, 1.165) is 68.9 Å². The lowest BCUT2D eigenvalue weighted by Crippen LogP contribution is -2.46. The van der Waals surface area contributed by atoms with Crippen molar-refractivity contribution in [2.45, 2.75) is 57.8 Å². The summed E-state index contributed by atoms with van der Waals surface area (Å²) in [5.41, 5.74) is 1.15. The Kier molecular flexibility index (Phi) is 5.87. The first-order valence-corrected chi connectivity index (χ1v) is 10.0. The number of aromatic nitrogens is 1. The Hall–Kier alpha value is -1.43. The number of likely N-dealkylation sites (tertiary alicyclic amines) is 2. The molecule has 0 bridgehead atoms. The van der Waals surface area contributed by atoms with Gasteiger partial charge in [-0.2, -0.15) is 0 Å². The molecule has 2 aliphatic rings. The van der Waals surface area contributed by atoms with Crippen LogP contribution in [0.3, 0.4) is 0 Å². The molecule has 2 aliphatic heterocycles. The number of carbonyl (C=O) groups is 2. The summed E-state index contributed by atoms with van der Waals surface area (Å²) in [5, 5.41) is 3.29. The SMILES string of the molecule is CCc1csc([C@H]2CCCN(C(=O)CN3CCCCCC3=O)C2)n1. The van der Waals surface area contributed by atoms with Crippen LogP contribution in [-0.2, 0) is 16.0 Å². The Balaban J connectivity index is 1.59. The molecule has 0 aromatic carbocycles. The van der Waals surface area contributed by atoms with Crippen molar-refractivity contribution in [3.63, 3.8) is 0 Å².